The lowest BCUT2D eigenvalue weighted by Crippen LogP contribution is -2.55. The zero-order valence-corrected chi connectivity index (χ0v) is 13.3. The van der Waals surface area contributed by atoms with Crippen molar-refractivity contribution in [3.8, 4) is 11.1 Å². The predicted molar refractivity (Wildman–Crippen MR) is 91.3 cm³/mol. The van der Waals surface area contributed by atoms with Gasteiger partial charge in [0.2, 0.25) is 5.91 Å². The molecular formula is C19H20N2O3. The Morgan fingerprint density at radius 2 is 1.75 bits per heavy atom. The molecule has 2 N–H and O–H groups in total. The lowest BCUT2D eigenvalue weighted by atomic mass is 10.0. The van der Waals surface area contributed by atoms with E-state index in [1.54, 1.807) is 0 Å². The molecule has 1 aliphatic rings. The molecule has 0 saturated carbocycles. The van der Waals surface area contributed by atoms with Gasteiger partial charge in [0.05, 0.1) is 6.42 Å². The third kappa shape index (κ3) is 3.81. The Labute approximate surface area is 140 Å². The molecule has 2 aromatic carbocycles. The summed E-state index contributed by atoms with van der Waals surface area (Å²) in [4.78, 5) is 24.9. The topological polar surface area (TPSA) is 69.6 Å². The van der Waals surface area contributed by atoms with Crippen molar-refractivity contribution in [1.82, 2.24) is 10.2 Å². The van der Waals surface area contributed by atoms with Crippen molar-refractivity contribution in [3.05, 3.63) is 60.2 Å². The summed E-state index contributed by atoms with van der Waals surface area (Å²) in [6.07, 6.45) is -0.173. The van der Waals surface area contributed by atoms with Crippen LogP contribution in [-0.2, 0) is 16.1 Å². The maximum Gasteiger partial charge on any atom is 0.305 e. The maximum absolute atomic E-state index is 12.0. The van der Waals surface area contributed by atoms with Crippen LogP contribution in [0.4, 0.5) is 0 Å². The number of rotatable bonds is 5. The Bertz CT molecular complexity index is 713. The van der Waals surface area contributed by atoms with E-state index in [0.717, 1.165) is 16.7 Å². The van der Waals surface area contributed by atoms with Gasteiger partial charge in [-0.25, -0.2) is 0 Å². The smallest absolute Gasteiger partial charge is 0.305 e. The number of carboxylic acid groups (broad SMARTS) is 1. The largest absolute Gasteiger partial charge is 0.481 e. The van der Waals surface area contributed by atoms with Gasteiger partial charge < -0.3 is 10.4 Å². The minimum atomic E-state index is -0.957. The van der Waals surface area contributed by atoms with E-state index in [-0.39, 0.29) is 12.3 Å². The molecule has 0 aromatic heterocycles. The summed E-state index contributed by atoms with van der Waals surface area (Å²) in [5, 5.41) is 11.8. The SMILES string of the molecule is O=C(O)CC1C(=O)NCCN1Cc1ccc(-c2ccccc2)cc1. The van der Waals surface area contributed by atoms with Gasteiger partial charge in [-0.05, 0) is 16.7 Å². The monoisotopic (exact) mass is 324 g/mol. The highest BCUT2D eigenvalue weighted by atomic mass is 16.4. The van der Waals surface area contributed by atoms with Crippen molar-refractivity contribution in [1.29, 1.82) is 0 Å². The van der Waals surface area contributed by atoms with Crippen LogP contribution >= 0.6 is 0 Å². The number of carbonyl (C=O) groups excluding carboxylic acids is 1. The Morgan fingerprint density at radius 1 is 1.08 bits per heavy atom. The number of nitrogens with zero attached hydrogens (tertiary/aromatic N) is 1. The lowest BCUT2D eigenvalue weighted by Gasteiger charge is -2.34. The molecule has 5 heteroatoms. The van der Waals surface area contributed by atoms with Crippen LogP contribution < -0.4 is 5.32 Å². The van der Waals surface area contributed by atoms with Crippen LogP contribution in [0.25, 0.3) is 11.1 Å². The third-order valence-corrected chi connectivity index (χ3v) is 4.26. The van der Waals surface area contributed by atoms with Crippen LogP contribution in [0.1, 0.15) is 12.0 Å². The van der Waals surface area contributed by atoms with Crippen molar-refractivity contribution >= 4 is 11.9 Å². The Balaban J connectivity index is 1.72. The highest BCUT2D eigenvalue weighted by Crippen LogP contribution is 2.21. The number of nitrogens with one attached hydrogen (secondary N) is 1. The Kier molecular flexibility index (Phi) is 4.91. The number of aliphatic carboxylic acids is 1. The lowest BCUT2D eigenvalue weighted by molar-refractivity contribution is -0.143. The molecule has 1 aliphatic heterocycles. The van der Waals surface area contributed by atoms with E-state index in [4.69, 9.17) is 5.11 Å². The summed E-state index contributed by atoms with van der Waals surface area (Å²) in [5.74, 6) is -1.16. The van der Waals surface area contributed by atoms with Gasteiger partial charge in [0.1, 0.15) is 6.04 Å². The molecule has 0 radical (unpaired) electrons. The number of carbonyl (C=O) groups is 2. The summed E-state index contributed by atoms with van der Waals surface area (Å²) in [7, 11) is 0. The van der Waals surface area contributed by atoms with E-state index in [2.05, 4.69) is 29.6 Å². The van der Waals surface area contributed by atoms with E-state index in [1.807, 2.05) is 35.2 Å². The molecule has 124 valence electrons. The molecule has 24 heavy (non-hydrogen) atoms. The molecule has 1 saturated heterocycles. The number of piperazine rings is 1. The standard InChI is InChI=1S/C19H20N2O3/c22-18(23)12-17-19(24)20-10-11-21(17)13-14-6-8-16(9-7-14)15-4-2-1-3-5-15/h1-9,17H,10-13H2,(H,20,24)(H,22,23). The minimum absolute atomic E-state index is 0.173. The van der Waals surface area contributed by atoms with Crippen LogP contribution in [0.3, 0.4) is 0 Å². The van der Waals surface area contributed by atoms with E-state index >= 15 is 0 Å². The summed E-state index contributed by atoms with van der Waals surface area (Å²) >= 11 is 0. The fourth-order valence-electron chi connectivity index (χ4n) is 3.01. The Hall–Kier alpha value is -2.66. The zero-order valence-electron chi connectivity index (χ0n) is 13.3. The summed E-state index contributed by atoms with van der Waals surface area (Å²) in [5.41, 5.74) is 3.36. The van der Waals surface area contributed by atoms with Gasteiger partial charge in [0.25, 0.3) is 0 Å². The van der Waals surface area contributed by atoms with E-state index in [0.29, 0.717) is 19.6 Å². The molecule has 0 aliphatic carbocycles. The number of benzene rings is 2. The maximum atomic E-state index is 12.0. The molecule has 1 atom stereocenters. The molecule has 1 amide bonds. The van der Waals surface area contributed by atoms with Crippen molar-refractivity contribution in [2.24, 2.45) is 0 Å². The first-order valence-electron chi connectivity index (χ1n) is 8.01. The number of hydrogen-bond acceptors (Lipinski definition) is 3. The average molecular weight is 324 g/mol. The fourth-order valence-corrected chi connectivity index (χ4v) is 3.01. The fraction of sp³-hybridized carbons (Fsp3) is 0.263. The normalized spacial score (nSPS) is 18.2. The van der Waals surface area contributed by atoms with Crippen molar-refractivity contribution in [2.75, 3.05) is 13.1 Å². The van der Waals surface area contributed by atoms with Crippen LogP contribution in [0.2, 0.25) is 0 Å². The highest BCUT2D eigenvalue weighted by molar-refractivity contribution is 5.86. The summed E-state index contributed by atoms with van der Waals surface area (Å²) in [6.45, 7) is 1.78. The molecule has 1 heterocycles. The molecule has 0 spiro atoms. The second kappa shape index (κ2) is 7.27. The Morgan fingerprint density at radius 3 is 2.42 bits per heavy atom. The molecule has 0 bridgehead atoms. The average Bonchev–Trinajstić information content (AvgIpc) is 2.59. The molecule has 1 unspecified atom stereocenters. The number of hydrogen-bond donors (Lipinski definition) is 2. The van der Waals surface area contributed by atoms with E-state index in [9.17, 15) is 9.59 Å². The van der Waals surface area contributed by atoms with E-state index < -0.39 is 12.0 Å². The second-order valence-electron chi connectivity index (χ2n) is 5.94. The second-order valence-corrected chi connectivity index (χ2v) is 5.94. The molecular weight excluding hydrogens is 304 g/mol. The highest BCUT2D eigenvalue weighted by Gasteiger charge is 2.31. The molecule has 2 aromatic rings. The van der Waals surface area contributed by atoms with Crippen molar-refractivity contribution in [3.63, 3.8) is 0 Å². The molecule has 3 rings (SSSR count). The molecule has 1 fully saturated rings. The van der Waals surface area contributed by atoms with Gasteiger partial charge in [0, 0.05) is 19.6 Å². The van der Waals surface area contributed by atoms with Gasteiger partial charge in [-0.2, -0.15) is 0 Å². The van der Waals surface area contributed by atoms with Gasteiger partial charge in [-0.3, -0.25) is 14.5 Å². The van der Waals surface area contributed by atoms with E-state index in [1.165, 1.54) is 0 Å². The zero-order chi connectivity index (χ0) is 16.9. The number of amides is 1. The summed E-state index contributed by atoms with van der Waals surface area (Å²) < 4.78 is 0. The first kappa shape index (κ1) is 16.2. The number of carboxylic acids is 1. The predicted octanol–water partition coefficient (Wildman–Crippen LogP) is 2.13. The van der Waals surface area contributed by atoms with Crippen molar-refractivity contribution in [2.45, 2.75) is 19.0 Å². The van der Waals surface area contributed by atoms with Gasteiger partial charge in [-0.15, -0.1) is 0 Å². The third-order valence-electron chi connectivity index (χ3n) is 4.26. The molecule has 5 nitrogen and oxygen atoms in total. The van der Waals surface area contributed by atoms with Crippen LogP contribution in [0, 0.1) is 0 Å². The van der Waals surface area contributed by atoms with Gasteiger partial charge in [-0.1, -0.05) is 54.6 Å². The van der Waals surface area contributed by atoms with Crippen LogP contribution in [0.15, 0.2) is 54.6 Å². The first-order chi connectivity index (χ1) is 11.6. The van der Waals surface area contributed by atoms with Crippen molar-refractivity contribution < 1.29 is 14.7 Å². The van der Waals surface area contributed by atoms with Gasteiger partial charge in [0.15, 0.2) is 0 Å². The first-order valence-corrected chi connectivity index (χ1v) is 8.01. The minimum Gasteiger partial charge on any atom is -0.481 e. The van der Waals surface area contributed by atoms with Gasteiger partial charge >= 0.3 is 5.97 Å². The quantitative estimate of drug-likeness (QED) is 0.884. The summed E-state index contributed by atoms with van der Waals surface area (Å²) in [6, 6.07) is 17.7. The van der Waals surface area contributed by atoms with Crippen LogP contribution in [0.5, 0.6) is 0 Å². The van der Waals surface area contributed by atoms with Crippen LogP contribution in [-0.4, -0.2) is 41.0 Å².